The van der Waals surface area contributed by atoms with Crippen LogP contribution in [0.2, 0.25) is 0 Å². The minimum atomic E-state index is -1.62. The van der Waals surface area contributed by atoms with Crippen LogP contribution in [0.5, 0.6) is 0 Å². The number of nitrogens with one attached hydrogen (secondary N) is 10. The van der Waals surface area contributed by atoms with Crippen molar-refractivity contribution in [3.63, 3.8) is 0 Å². The molecule has 0 aliphatic rings. The van der Waals surface area contributed by atoms with E-state index in [0.29, 0.717) is 5.56 Å². The molecule has 0 spiro atoms. The smallest absolute Gasteiger partial charge is 0.414 e. The second kappa shape index (κ2) is 39.7. The van der Waals surface area contributed by atoms with Gasteiger partial charge >= 0.3 is 42.7 Å². The van der Waals surface area contributed by atoms with Crippen molar-refractivity contribution in [1.29, 1.82) is 0 Å². The third-order valence-corrected chi connectivity index (χ3v) is 9.96. The number of hydrogen-bond donors (Lipinski definition) is 10. The van der Waals surface area contributed by atoms with Crippen molar-refractivity contribution >= 4 is 78.3 Å². The van der Waals surface area contributed by atoms with Gasteiger partial charge in [-0.2, -0.15) is 0 Å². The topological polar surface area (TPSA) is 420 Å². The van der Waals surface area contributed by atoms with Crippen LogP contribution in [-0.2, 0) is 68.4 Å². The number of carbonyl (C=O) groups excluding carboxylic acids is 10. The van der Waals surface area contributed by atoms with Gasteiger partial charge in [0, 0.05) is 38.9 Å². The number of hydrogen-bond acceptors (Lipinski definition) is 23. The van der Waals surface area contributed by atoms with Gasteiger partial charge in [-0.05, 0) is 130 Å². The molecule has 0 atom stereocenters. The van der Waals surface area contributed by atoms with Gasteiger partial charge < -0.3 is 68.6 Å². The first-order chi connectivity index (χ1) is 42.9. The molecular weight excluding hydrogens is 1220 g/mol. The predicted octanol–water partition coefficient (Wildman–Crippen LogP) is 5.44. The Morgan fingerprint density at radius 1 is 0.355 bits per heavy atom. The summed E-state index contributed by atoms with van der Waals surface area (Å²) in [5.74, 6) is -2.39. The van der Waals surface area contributed by atoms with Crippen molar-refractivity contribution < 1.29 is 95.3 Å². The van der Waals surface area contributed by atoms with Crippen LogP contribution >= 0.6 is 0 Å². The van der Waals surface area contributed by atoms with Crippen LogP contribution in [0.3, 0.4) is 0 Å². The van der Waals surface area contributed by atoms with Gasteiger partial charge in [0.2, 0.25) is 35.6 Å². The highest BCUT2D eigenvalue weighted by Crippen LogP contribution is 2.14. The van der Waals surface area contributed by atoms with Crippen LogP contribution in [-0.4, -0.2) is 196 Å². The van der Waals surface area contributed by atoms with Gasteiger partial charge in [-0.15, -0.1) is 0 Å². The Labute approximate surface area is 544 Å². The van der Waals surface area contributed by atoms with Gasteiger partial charge in [0.05, 0.1) is 59.3 Å². The lowest BCUT2D eigenvalue weighted by molar-refractivity contribution is -0.122. The molecule has 1 aromatic carbocycles. The van der Waals surface area contributed by atoms with Crippen LogP contribution in [0.25, 0.3) is 0 Å². The van der Waals surface area contributed by atoms with Gasteiger partial charge in [0.25, 0.3) is 0 Å². The third-order valence-electron chi connectivity index (χ3n) is 9.96. The van der Waals surface area contributed by atoms with E-state index in [0.717, 1.165) is 0 Å². The largest absolute Gasteiger partial charge is 0.445 e. The Morgan fingerprint density at radius 2 is 0.602 bits per heavy atom. The molecule has 10 amide bonds. The summed E-state index contributed by atoms with van der Waals surface area (Å²) in [5.41, 5.74) is -6.21. The number of rotatable bonds is 27. The van der Waals surface area contributed by atoms with Gasteiger partial charge in [0.15, 0.2) is 0 Å². The summed E-state index contributed by atoms with van der Waals surface area (Å²) >= 11 is 0. The normalized spacial score (nSPS) is 11.7. The van der Waals surface area contributed by atoms with E-state index in [9.17, 15) is 47.9 Å². The van der Waals surface area contributed by atoms with E-state index in [-0.39, 0.29) is 123 Å². The maximum atomic E-state index is 13.7. The maximum absolute atomic E-state index is 13.7. The van der Waals surface area contributed by atoms with E-state index in [1.807, 2.05) is 0 Å². The highest BCUT2D eigenvalue weighted by atomic mass is 16.6. The monoisotopic (exact) mass is 1320 g/mol. The predicted molar refractivity (Wildman–Crippen MR) is 341 cm³/mol. The number of amides is 10. The van der Waals surface area contributed by atoms with E-state index in [1.165, 1.54) is 0 Å². The number of benzene rings is 1. The van der Waals surface area contributed by atoms with Crippen molar-refractivity contribution in [2.75, 3.05) is 78.9 Å². The number of carbonyl (C=O) groups is 10. The standard InChI is InChI=1S/C60H101N13O20/c1-54(2,3)88-47(77)67-44(68-48(78)89-55(4,5)6)64-30-27-61-41(74)24-33-84-37-60(73-53(83)87-36-40-22-20-19-21-23-40,38-85-34-25-42(75)62-28-31-65-45(69-49(79)90-56(7,8)9)70-50(80)91-57(10,11)12)39-86-35-26-43(76)63-29-32-66-46(71-51(81)92-58(13,14)15)72-52(82)93-59(16,17)18/h19-23H,24-39H2,1-18H3,(H,61,74)(H,62,75)(H,63,76)(H,73,83)(H2,64,67,68,77,78)(H2,65,69,70,79,80)(H2,66,71,72,81,82). The number of aliphatic imine (C=N–C) groups is 3. The zero-order valence-corrected chi connectivity index (χ0v) is 57.2. The summed E-state index contributed by atoms with van der Waals surface area (Å²) in [5, 5.41) is 24.9. The molecule has 0 fully saturated rings. The molecule has 33 nitrogen and oxygen atoms in total. The van der Waals surface area contributed by atoms with Crippen LogP contribution in [0.15, 0.2) is 45.3 Å². The van der Waals surface area contributed by atoms with Crippen LogP contribution < -0.4 is 53.2 Å². The first kappa shape index (κ1) is 82.4. The van der Waals surface area contributed by atoms with Crippen molar-refractivity contribution in [2.24, 2.45) is 15.0 Å². The van der Waals surface area contributed by atoms with E-state index >= 15 is 0 Å². The Kier molecular flexibility index (Phi) is 35.2. The number of ether oxygens (including phenoxy) is 10. The molecule has 526 valence electrons. The van der Waals surface area contributed by atoms with Gasteiger partial charge in [-0.1, -0.05) is 30.3 Å². The molecule has 93 heavy (non-hydrogen) atoms. The lowest BCUT2D eigenvalue weighted by atomic mass is 10.0. The molecule has 1 rings (SSSR count). The van der Waals surface area contributed by atoms with Gasteiger partial charge in [0.1, 0.15) is 45.8 Å². The molecule has 33 heteroatoms. The van der Waals surface area contributed by atoms with E-state index < -0.39 is 99.5 Å². The van der Waals surface area contributed by atoms with Crippen molar-refractivity contribution in [2.45, 2.75) is 190 Å². The highest BCUT2D eigenvalue weighted by molar-refractivity contribution is 6.03. The van der Waals surface area contributed by atoms with Crippen LogP contribution in [0.4, 0.5) is 33.6 Å². The molecule has 0 aliphatic carbocycles. The molecular formula is C60H101N13O20. The molecule has 0 saturated heterocycles. The molecule has 10 N–H and O–H groups in total. The molecule has 0 bridgehead atoms. The Bertz CT molecular complexity index is 2350. The second-order valence-corrected chi connectivity index (χ2v) is 26.4. The lowest BCUT2D eigenvalue weighted by Crippen LogP contribution is -2.59. The molecule has 0 radical (unpaired) electrons. The minimum Gasteiger partial charge on any atom is -0.445 e. The fourth-order valence-corrected chi connectivity index (χ4v) is 6.59. The Hall–Kier alpha value is -8.59. The molecule has 0 heterocycles. The van der Waals surface area contributed by atoms with Crippen LogP contribution in [0.1, 0.15) is 149 Å². The quantitative estimate of drug-likeness (QED) is 0.0227. The second-order valence-electron chi connectivity index (χ2n) is 26.4. The molecule has 1 aromatic rings. The first-order valence-electron chi connectivity index (χ1n) is 30.0. The Balaban J connectivity index is 3.38. The zero-order chi connectivity index (χ0) is 70.7. The zero-order valence-electron chi connectivity index (χ0n) is 57.2. The third kappa shape index (κ3) is 47.0. The summed E-state index contributed by atoms with van der Waals surface area (Å²) in [6.07, 6.45) is -7.05. The highest BCUT2D eigenvalue weighted by Gasteiger charge is 2.35. The van der Waals surface area contributed by atoms with Crippen molar-refractivity contribution in [3.8, 4) is 0 Å². The summed E-state index contributed by atoms with van der Waals surface area (Å²) in [4.78, 5) is 141. The molecule has 0 saturated carbocycles. The lowest BCUT2D eigenvalue weighted by Gasteiger charge is -2.33. The first-order valence-corrected chi connectivity index (χ1v) is 30.0. The molecule has 0 unspecified atom stereocenters. The van der Waals surface area contributed by atoms with Gasteiger partial charge in [-0.3, -0.25) is 61.3 Å². The van der Waals surface area contributed by atoms with Gasteiger partial charge in [-0.25, -0.2) is 33.6 Å². The van der Waals surface area contributed by atoms with E-state index in [1.54, 1.807) is 155 Å². The fraction of sp³-hybridized carbons (Fsp3) is 0.683. The summed E-state index contributed by atoms with van der Waals surface area (Å²) in [7, 11) is 0. The van der Waals surface area contributed by atoms with Crippen LogP contribution in [0, 0.1) is 0 Å². The number of nitrogens with zero attached hydrogens (tertiary/aromatic N) is 3. The maximum Gasteiger partial charge on any atom is 0.414 e. The molecule has 0 aliphatic heterocycles. The average Bonchev–Trinajstić information content (AvgIpc) is 1.99. The Morgan fingerprint density at radius 3 is 0.839 bits per heavy atom. The summed E-state index contributed by atoms with van der Waals surface area (Å²) in [6.45, 7) is 27.1. The van der Waals surface area contributed by atoms with E-state index in [2.05, 4.69) is 68.1 Å². The van der Waals surface area contributed by atoms with Crippen molar-refractivity contribution in [3.05, 3.63) is 35.9 Å². The van der Waals surface area contributed by atoms with Crippen molar-refractivity contribution in [1.82, 2.24) is 53.2 Å². The number of guanidine groups is 3. The summed E-state index contributed by atoms with van der Waals surface area (Å²) in [6, 6.07) is 8.78. The average molecular weight is 1320 g/mol. The SMILES string of the molecule is CC(C)(C)OC(=O)NC(=NCCNC(=O)CCOCC(COCCC(=O)NCCN=C(NC(=O)OC(C)(C)C)NC(=O)OC(C)(C)C)(COCCC(=O)NCCN=C(NC(=O)OC(C)(C)C)NC(=O)OC(C)(C)C)NC(=O)OCc1ccccc1)NC(=O)OC(C)(C)C. The fourth-order valence-electron chi connectivity index (χ4n) is 6.59. The molecule has 0 aromatic heterocycles. The minimum absolute atomic E-state index is 0.0638. The van der Waals surface area contributed by atoms with E-state index in [4.69, 9.17) is 47.4 Å². The number of alkyl carbamates (subject to hydrolysis) is 7. The summed E-state index contributed by atoms with van der Waals surface area (Å²) < 4.78 is 55.2.